The van der Waals surface area contributed by atoms with Gasteiger partial charge in [0.2, 0.25) is 0 Å². The summed E-state index contributed by atoms with van der Waals surface area (Å²) in [6, 6.07) is 0. The number of hydrogen-bond donors (Lipinski definition) is 1. The van der Waals surface area contributed by atoms with Crippen molar-refractivity contribution < 1.29 is 19.4 Å². The Morgan fingerprint density at radius 3 is 3.08 bits per heavy atom. The van der Waals surface area contributed by atoms with Gasteiger partial charge in [-0.1, -0.05) is 0 Å². The van der Waals surface area contributed by atoms with Gasteiger partial charge in [0.05, 0.1) is 25.2 Å². The summed E-state index contributed by atoms with van der Waals surface area (Å²) in [7, 11) is 0. The topological polar surface area (TPSA) is 55.8 Å². The minimum absolute atomic E-state index is 0.0174. The van der Waals surface area contributed by atoms with Crippen LogP contribution in [0.4, 0.5) is 0 Å². The van der Waals surface area contributed by atoms with Gasteiger partial charge in [0.25, 0.3) is 0 Å². The lowest BCUT2D eigenvalue weighted by molar-refractivity contribution is -0.197. The number of hydrogen-bond acceptors (Lipinski definition) is 4. The van der Waals surface area contributed by atoms with Gasteiger partial charge in [-0.15, -0.1) is 0 Å². The summed E-state index contributed by atoms with van der Waals surface area (Å²) in [5, 5.41) is 9.58. The van der Waals surface area contributed by atoms with Crippen LogP contribution in [0.5, 0.6) is 0 Å². The van der Waals surface area contributed by atoms with Crippen LogP contribution in [0.25, 0.3) is 0 Å². The number of allylic oxidation sites excluding steroid dienone is 1. The maximum atomic E-state index is 11.5. The smallest absolute Gasteiger partial charge is 0.165 e. The highest BCUT2D eigenvalue weighted by Gasteiger charge is 2.52. The molecule has 4 atom stereocenters. The third kappa shape index (κ3) is 0.879. The standard InChI is InChI=1S/C9H10O4/c10-5-1-4-2-12-9-7(4)8(5)6(11)3-13-9/h1,6-9,11H,2-3H2. The molecule has 13 heavy (non-hydrogen) atoms. The average Bonchev–Trinajstić information content (AvgIpc) is 2.61. The van der Waals surface area contributed by atoms with Crippen LogP contribution in [-0.2, 0) is 14.3 Å². The quantitative estimate of drug-likeness (QED) is 0.547. The fraction of sp³-hybridized carbons (Fsp3) is 0.667. The second-order valence-corrected chi connectivity index (χ2v) is 3.75. The zero-order valence-corrected chi connectivity index (χ0v) is 6.97. The summed E-state index contributed by atoms with van der Waals surface area (Å²) in [5.41, 5.74) is 0.985. The van der Waals surface area contributed by atoms with Crippen molar-refractivity contribution in [3.05, 3.63) is 11.6 Å². The van der Waals surface area contributed by atoms with Gasteiger partial charge in [-0.2, -0.15) is 0 Å². The second kappa shape index (κ2) is 2.41. The van der Waals surface area contributed by atoms with Crippen LogP contribution >= 0.6 is 0 Å². The Morgan fingerprint density at radius 1 is 1.38 bits per heavy atom. The van der Waals surface area contributed by atoms with Gasteiger partial charge in [0.1, 0.15) is 0 Å². The maximum absolute atomic E-state index is 11.5. The summed E-state index contributed by atoms with van der Waals surface area (Å²) in [6.07, 6.45) is 0.642. The molecule has 4 heteroatoms. The van der Waals surface area contributed by atoms with E-state index in [1.807, 2.05) is 0 Å². The summed E-state index contributed by atoms with van der Waals surface area (Å²) in [6.45, 7) is 0.684. The minimum atomic E-state index is -0.663. The molecule has 0 spiro atoms. The first-order valence-corrected chi connectivity index (χ1v) is 4.43. The molecule has 0 bridgehead atoms. The van der Waals surface area contributed by atoms with E-state index in [0.717, 1.165) is 5.57 Å². The van der Waals surface area contributed by atoms with Crippen LogP contribution < -0.4 is 0 Å². The van der Waals surface area contributed by atoms with Crippen LogP contribution in [0.15, 0.2) is 11.6 Å². The van der Waals surface area contributed by atoms with Gasteiger partial charge in [-0.05, 0) is 11.6 Å². The Kier molecular flexibility index (Phi) is 1.42. The van der Waals surface area contributed by atoms with Crippen molar-refractivity contribution in [1.82, 2.24) is 0 Å². The van der Waals surface area contributed by atoms with E-state index in [0.29, 0.717) is 6.61 Å². The van der Waals surface area contributed by atoms with E-state index in [4.69, 9.17) is 9.47 Å². The molecule has 3 aliphatic rings. The highest BCUT2D eigenvalue weighted by molar-refractivity contribution is 5.96. The normalized spacial score (nSPS) is 47.8. The van der Waals surface area contributed by atoms with Gasteiger partial charge in [-0.25, -0.2) is 0 Å². The Bertz CT molecular complexity index is 296. The number of carbonyl (C=O) groups excluding carboxylic acids is 1. The molecular formula is C9H10O4. The molecule has 0 aromatic carbocycles. The molecule has 0 radical (unpaired) electrons. The maximum Gasteiger partial charge on any atom is 0.165 e. The van der Waals surface area contributed by atoms with Crippen molar-refractivity contribution in [2.45, 2.75) is 12.4 Å². The van der Waals surface area contributed by atoms with Crippen molar-refractivity contribution in [3.8, 4) is 0 Å². The third-order valence-corrected chi connectivity index (χ3v) is 3.02. The molecule has 2 saturated heterocycles. The second-order valence-electron chi connectivity index (χ2n) is 3.75. The lowest BCUT2D eigenvalue weighted by Gasteiger charge is -2.32. The van der Waals surface area contributed by atoms with Gasteiger partial charge in [0, 0.05) is 5.92 Å². The summed E-state index contributed by atoms with van der Waals surface area (Å²) in [5.74, 6) is -0.295. The average molecular weight is 182 g/mol. The first-order chi connectivity index (χ1) is 6.27. The van der Waals surface area contributed by atoms with Gasteiger partial charge in [-0.3, -0.25) is 4.79 Å². The summed E-state index contributed by atoms with van der Waals surface area (Å²) >= 11 is 0. The first kappa shape index (κ1) is 7.67. The molecule has 70 valence electrons. The Balaban J connectivity index is 2.01. The van der Waals surface area contributed by atoms with Gasteiger partial charge < -0.3 is 14.6 Å². The van der Waals surface area contributed by atoms with E-state index in [1.165, 1.54) is 0 Å². The number of rotatable bonds is 0. The van der Waals surface area contributed by atoms with E-state index >= 15 is 0 Å². The molecule has 4 nitrogen and oxygen atoms in total. The van der Waals surface area contributed by atoms with Crippen LogP contribution in [0, 0.1) is 11.8 Å². The monoisotopic (exact) mass is 182 g/mol. The van der Waals surface area contributed by atoms with Crippen LogP contribution in [0.2, 0.25) is 0 Å². The Morgan fingerprint density at radius 2 is 2.23 bits per heavy atom. The van der Waals surface area contributed by atoms with Gasteiger partial charge >= 0.3 is 0 Å². The third-order valence-electron chi connectivity index (χ3n) is 3.02. The molecule has 2 aliphatic heterocycles. The van der Waals surface area contributed by atoms with Crippen molar-refractivity contribution in [2.75, 3.05) is 13.2 Å². The Hall–Kier alpha value is -0.710. The number of ether oxygens (including phenoxy) is 2. The number of aliphatic hydroxyl groups excluding tert-OH is 1. The zero-order valence-electron chi connectivity index (χ0n) is 6.97. The summed E-state index contributed by atoms with van der Waals surface area (Å²) in [4.78, 5) is 11.5. The minimum Gasteiger partial charge on any atom is -0.390 e. The van der Waals surface area contributed by atoms with E-state index in [1.54, 1.807) is 6.08 Å². The first-order valence-electron chi connectivity index (χ1n) is 4.43. The molecule has 2 fully saturated rings. The molecule has 0 amide bonds. The molecule has 1 N–H and O–H groups in total. The summed E-state index contributed by atoms with van der Waals surface area (Å²) < 4.78 is 10.6. The molecule has 0 aromatic rings. The molecular weight excluding hydrogens is 172 g/mol. The highest BCUT2D eigenvalue weighted by Crippen LogP contribution is 2.43. The fourth-order valence-corrected chi connectivity index (χ4v) is 2.42. The van der Waals surface area contributed by atoms with E-state index < -0.39 is 6.10 Å². The molecule has 0 aromatic heterocycles. The molecule has 3 rings (SSSR count). The SMILES string of the molecule is O=C1C=C2COC3OCC(O)C1C23. The van der Waals surface area contributed by atoms with E-state index in [9.17, 15) is 9.90 Å². The lowest BCUT2D eigenvalue weighted by Crippen LogP contribution is -2.44. The van der Waals surface area contributed by atoms with Gasteiger partial charge in [0.15, 0.2) is 12.1 Å². The number of carbonyl (C=O) groups is 1. The van der Waals surface area contributed by atoms with Crippen molar-refractivity contribution in [3.63, 3.8) is 0 Å². The number of aliphatic hydroxyl groups is 1. The fourth-order valence-electron chi connectivity index (χ4n) is 2.42. The number of ketones is 1. The predicted octanol–water partition coefficient (Wildman–Crippen LogP) is -0.525. The van der Waals surface area contributed by atoms with E-state index in [-0.39, 0.29) is 30.5 Å². The highest BCUT2D eigenvalue weighted by atomic mass is 16.7. The van der Waals surface area contributed by atoms with Crippen LogP contribution in [0.1, 0.15) is 0 Å². The molecule has 0 saturated carbocycles. The molecule has 2 heterocycles. The molecule has 1 aliphatic carbocycles. The predicted molar refractivity (Wildman–Crippen MR) is 41.8 cm³/mol. The van der Waals surface area contributed by atoms with Crippen LogP contribution in [-0.4, -0.2) is 36.5 Å². The van der Waals surface area contributed by atoms with Crippen molar-refractivity contribution in [2.24, 2.45) is 11.8 Å². The van der Waals surface area contributed by atoms with Crippen molar-refractivity contribution >= 4 is 5.78 Å². The molecule has 4 unspecified atom stereocenters. The Labute approximate surface area is 75.1 Å². The zero-order chi connectivity index (χ0) is 9.00. The van der Waals surface area contributed by atoms with Crippen molar-refractivity contribution in [1.29, 1.82) is 0 Å². The van der Waals surface area contributed by atoms with Crippen LogP contribution in [0.3, 0.4) is 0 Å². The van der Waals surface area contributed by atoms with E-state index in [2.05, 4.69) is 0 Å². The largest absolute Gasteiger partial charge is 0.390 e. The lowest BCUT2D eigenvalue weighted by atomic mass is 9.85.